The number of rotatable bonds is 4. The molecule has 2 unspecified atom stereocenters. The molecule has 19 heavy (non-hydrogen) atoms. The van der Waals surface area contributed by atoms with Gasteiger partial charge < -0.3 is 15.8 Å². The number of ether oxygens (including phenoxy) is 1. The first kappa shape index (κ1) is 14.0. The molecule has 0 saturated heterocycles. The van der Waals surface area contributed by atoms with Gasteiger partial charge in [-0.2, -0.15) is 0 Å². The van der Waals surface area contributed by atoms with E-state index in [1.807, 2.05) is 20.8 Å². The van der Waals surface area contributed by atoms with Crippen LogP contribution >= 0.6 is 0 Å². The van der Waals surface area contributed by atoms with Crippen LogP contribution in [0.2, 0.25) is 0 Å². The molecular weight excluding hydrogens is 242 g/mol. The molecule has 1 aliphatic rings. The predicted molar refractivity (Wildman–Crippen MR) is 73.6 cm³/mol. The van der Waals surface area contributed by atoms with E-state index in [1.165, 1.54) is 0 Å². The quantitative estimate of drug-likeness (QED) is 0.864. The van der Waals surface area contributed by atoms with Gasteiger partial charge in [0.15, 0.2) is 0 Å². The van der Waals surface area contributed by atoms with Crippen molar-refractivity contribution in [3.8, 4) is 0 Å². The van der Waals surface area contributed by atoms with E-state index in [2.05, 4.69) is 10.3 Å². The summed E-state index contributed by atoms with van der Waals surface area (Å²) in [4.78, 5) is 16.3. The van der Waals surface area contributed by atoms with Crippen molar-refractivity contribution in [2.45, 2.75) is 38.8 Å². The third-order valence-electron chi connectivity index (χ3n) is 4.15. The molecule has 2 rings (SSSR count). The number of anilines is 1. The van der Waals surface area contributed by atoms with Crippen molar-refractivity contribution in [1.29, 1.82) is 0 Å². The first-order valence-electron chi connectivity index (χ1n) is 6.54. The second-order valence-electron chi connectivity index (χ2n) is 5.54. The summed E-state index contributed by atoms with van der Waals surface area (Å²) in [6.07, 6.45) is 3.83. The molecule has 1 aromatic rings. The standard InChI is InChI=1S/C14H21N3O2/c1-4-19-11-8-14(15,13(11,2)3)12(18)17-10-6-5-7-16-9-10/h5-7,9,11H,4,8,15H2,1-3H3,(H,17,18). The van der Waals surface area contributed by atoms with Gasteiger partial charge in [-0.15, -0.1) is 0 Å². The fourth-order valence-electron chi connectivity index (χ4n) is 2.50. The van der Waals surface area contributed by atoms with Crippen molar-refractivity contribution in [3.63, 3.8) is 0 Å². The Hall–Kier alpha value is -1.46. The Morgan fingerprint density at radius 3 is 2.89 bits per heavy atom. The predicted octanol–water partition coefficient (Wildman–Crippen LogP) is 1.55. The molecule has 1 aromatic heterocycles. The Bertz CT molecular complexity index is 461. The molecule has 104 valence electrons. The fourth-order valence-corrected chi connectivity index (χ4v) is 2.50. The highest BCUT2D eigenvalue weighted by Crippen LogP contribution is 2.50. The number of hydrogen-bond acceptors (Lipinski definition) is 4. The number of nitrogens with zero attached hydrogens (tertiary/aromatic N) is 1. The van der Waals surface area contributed by atoms with Gasteiger partial charge >= 0.3 is 0 Å². The van der Waals surface area contributed by atoms with Crippen molar-refractivity contribution < 1.29 is 9.53 Å². The van der Waals surface area contributed by atoms with E-state index in [1.54, 1.807) is 24.5 Å². The van der Waals surface area contributed by atoms with E-state index in [0.717, 1.165) is 0 Å². The average molecular weight is 263 g/mol. The van der Waals surface area contributed by atoms with Gasteiger partial charge in [-0.1, -0.05) is 13.8 Å². The topological polar surface area (TPSA) is 77.2 Å². The molecule has 5 heteroatoms. The Kier molecular flexibility index (Phi) is 3.60. The minimum atomic E-state index is -0.900. The second kappa shape index (κ2) is 4.90. The SMILES string of the molecule is CCOC1CC(N)(C(=O)Nc2cccnc2)C1(C)C. The highest BCUT2D eigenvalue weighted by Gasteiger charge is 2.62. The van der Waals surface area contributed by atoms with Crippen molar-refractivity contribution >= 4 is 11.6 Å². The molecular formula is C14H21N3O2. The van der Waals surface area contributed by atoms with E-state index >= 15 is 0 Å². The summed E-state index contributed by atoms with van der Waals surface area (Å²) in [6, 6.07) is 3.56. The number of aromatic nitrogens is 1. The normalized spacial score (nSPS) is 28.5. The number of hydrogen-bond donors (Lipinski definition) is 2. The van der Waals surface area contributed by atoms with Gasteiger partial charge in [-0.05, 0) is 19.1 Å². The number of nitrogens with two attached hydrogens (primary N) is 1. The van der Waals surface area contributed by atoms with Gasteiger partial charge in [0.05, 0.1) is 18.0 Å². The monoisotopic (exact) mass is 263 g/mol. The van der Waals surface area contributed by atoms with Crippen molar-refractivity contribution in [1.82, 2.24) is 4.98 Å². The highest BCUT2D eigenvalue weighted by molar-refractivity contribution is 5.99. The maximum absolute atomic E-state index is 12.4. The van der Waals surface area contributed by atoms with Crippen molar-refractivity contribution in [2.24, 2.45) is 11.1 Å². The van der Waals surface area contributed by atoms with Crippen LogP contribution in [0.3, 0.4) is 0 Å². The zero-order chi connectivity index (χ0) is 14.1. The molecule has 0 aromatic carbocycles. The summed E-state index contributed by atoms with van der Waals surface area (Å²) >= 11 is 0. The molecule has 2 atom stereocenters. The lowest BCUT2D eigenvalue weighted by atomic mass is 9.54. The van der Waals surface area contributed by atoms with Gasteiger partial charge in [-0.25, -0.2) is 0 Å². The lowest BCUT2D eigenvalue weighted by molar-refractivity contribution is -0.166. The van der Waals surface area contributed by atoms with Crippen LogP contribution in [0.5, 0.6) is 0 Å². The molecule has 5 nitrogen and oxygen atoms in total. The summed E-state index contributed by atoms with van der Waals surface area (Å²) in [5.74, 6) is -0.179. The highest BCUT2D eigenvalue weighted by atomic mass is 16.5. The molecule has 1 saturated carbocycles. The van der Waals surface area contributed by atoms with Crippen LogP contribution in [0.15, 0.2) is 24.5 Å². The molecule has 1 fully saturated rings. The van der Waals surface area contributed by atoms with Crippen LogP contribution in [0, 0.1) is 5.41 Å². The van der Waals surface area contributed by atoms with Crippen LogP contribution in [0.25, 0.3) is 0 Å². The van der Waals surface area contributed by atoms with E-state index in [0.29, 0.717) is 18.7 Å². The maximum atomic E-state index is 12.4. The van der Waals surface area contributed by atoms with E-state index in [4.69, 9.17) is 10.5 Å². The van der Waals surface area contributed by atoms with Crippen LogP contribution in [0.1, 0.15) is 27.2 Å². The fraction of sp³-hybridized carbons (Fsp3) is 0.571. The molecule has 3 N–H and O–H groups in total. The third-order valence-corrected chi connectivity index (χ3v) is 4.15. The minimum absolute atomic E-state index is 0.0298. The molecule has 0 bridgehead atoms. The average Bonchev–Trinajstić information content (AvgIpc) is 2.39. The summed E-state index contributed by atoms with van der Waals surface area (Å²) < 4.78 is 5.62. The lowest BCUT2D eigenvalue weighted by Crippen LogP contribution is -2.74. The second-order valence-corrected chi connectivity index (χ2v) is 5.54. The van der Waals surface area contributed by atoms with Crippen molar-refractivity contribution in [2.75, 3.05) is 11.9 Å². The Labute approximate surface area is 113 Å². The van der Waals surface area contributed by atoms with Crippen LogP contribution < -0.4 is 11.1 Å². The Morgan fingerprint density at radius 1 is 1.63 bits per heavy atom. The summed E-state index contributed by atoms with van der Waals surface area (Å²) in [5.41, 5.74) is 5.66. The number of amides is 1. The Balaban J connectivity index is 2.08. The van der Waals surface area contributed by atoms with Crippen molar-refractivity contribution in [3.05, 3.63) is 24.5 Å². The smallest absolute Gasteiger partial charge is 0.245 e. The molecule has 0 spiro atoms. The first-order chi connectivity index (χ1) is 8.91. The molecule has 1 aliphatic carbocycles. The van der Waals surface area contributed by atoms with Gasteiger partial charge in [0, 0.05) is 24.6 Å². The molecule has 1 amide bonds. The summed E-state index contributed by atoms with van der Waals surface area (Å²) in [6.45, 7) is 6.52. The van der Waals surface area contributed by atoms with E-state index in [9.17, 15) is 4.79 Å². The maximum Gasteiger partial charge on any atom is 0.245 e. The van der Waals surface area contributed by atoms with E-state index < -0.39 is 5.54 Å². The third kappa shape index (κ3) is 2.24. The van der Waals surface area contributed by atoms with E-state index in [-0.39, 0.29) is 17.4 Å². The zero-order valence-corrected chi connectivity index (χ0v) is 11.6. The van der Waals surface area contributed by atoms with Gasteiger partial charge in [0.2, 0.25) is 5.91 Å². The Morgan fingerprint density at radius 2 is 2.37 bits per heavy atom. The zero-order valence-electron chi connectivity index (χ0n) is 11.6. The minimum Gasteiger partial charge on any atom is -0.378 e. The van der Waals surface area contributed by atoms with Crippen LogP contribution in [0.4, 0.5) is 5.69 Å². The van der Waals surface area contributed by atoms with Gasteiger partial charge in [-0.3, -0.25) is 9.78 Å². The number of pyridine rings is 1. The van der Waals surface area contributed by atoms with Crippen LogP contribution in [-0.4, -0.2) is 29.1 Å². The summed E-state index contributed by atoms with van der Waals surface area (Å²) in [7, 11) is 0. The number of nitrogens with one attached hydrogen (secondary N) is 1. The molecule has 0 radical (unpaired) electrons. The first-order valence-corrected chi connectivity index (χ1v) is 6.54. The number of carbonyl (C=O) groups is 1. The summed E-state index contributed by atoms with van der Waals surface area (Å²) in [5, 5.41) is 2.82. The lowest BCUT2D eigenvalue weighted by Gasteiger charge is -2.57. The molecule has 0 aliphatic heterocycles. The molecule has 1 heterocycles. The van der Waals surface area contributed by atoms with Gasteiger partial charge in [0.25, 0.3) is 0 Å². The number of carbonyl (C=O) groups excluding carboxylic acids is 1. The van der Waals surface area contributed by atoms with Crippen LogP contribution in [-0.2, 0) is 9.53 Å². The largest absolute Gasteiger partial charge is 0.378 e. The van der Waals surface area contributed by atoms with Gasteiger partial charge in [0.1, 0.15) is 5.54 Å².